The number of amides is 1. The van der Waals surface area contributed by atoms with Crippen molar-refractivity contribution < 1.29 is 9.53 Å². The zero-order chi connectivity index (χ0) is 14.3. The molecule has 106 valence electrons. The summed E-state index contributed by atoms with van der Waals surface area (Å²) >= 11 is 0. The Morgan fingerprint density at radius 1 is 1.42 bits per heavy atom. The van der Waals surface area contributed by atoms with Crippen molar-refractivity contribution in [1.29, 1.82) is 0 Å². The molecular formula is C15H24N2O2. The van der Waals surface area contributed by atoms with Gasteiger partial charge in [-0.3, -0.25) is 4.79 Å². The first kappa shape index (κ1) is 15.5. The quantitative estimate of drug-likeness (QED) is 0.792. The molecule has 0 radical (unpaired) electrons. The summed E-state index contributed by atoms with van der Waals surface area (Å²) in [5.74, 6) is 0.733. The molecule has 0 aliphatic rings. The monoisotopic (exact) mass is 264 g/mol. The van der Waals surface area contributed by atoms with Crippen molar-refractivity contribution >= 4 is 5.91 Å². The van der Waals surface area contributed by atoms with E-state index in [4.69, 9.17) is 4.74 Å². The van der Waals surface area contributed by atoms with Crippen LogP contribution in [0.15, 0.2) is 18.2 Å². The number of nitrogens with one attached hydrogen (secondary N) is 2. The van der Waals surface area contributed by atoms with Crippen molar-refractivity contribution in [2.45, 2.75) is 39.8 Å². The van der Waals surface area contributed by atoms with Crippen LogP contribution in [0.2, 0.25) is 0 Å². The Balaban J connectivity index is 2.77. The summed E-state index contributed by atoms with van der Waals surface area (Å²) in [5, 5.41) is 5.95. The maximum absolute atomic E-state index is 11.8. The molecule has 0 heterocycles. The van der Waals surface area contributed by atoms with Crippen LogP contribution in [0.5, 0.6) is 5.75 Å². The third-order valence-electron chi connectivity index (χ3n) is 2.87. The van der Waals surface area contributed by atoms with Crippen molar-refractivity contribution in [3.63, 3.8) is 0 Å². The van der Waals surface area contributed by atoms with Gasteiger partial charge in [-0.05, 0) is 32.9 Å². The van der Waals surface area contributed by atoms with Gasteiger partial charge in [-0.15, -0.1) is 0 Å². The summed E-state index contributed by atoms with van der Waals surface area (Å²) in [6.07, 6.45) is 0.441. The number of carbonyl (C=O) groups excluding carboxylic acids is 1. The first-order valence-electron chi connectivity index (χ1n) is 6.77. The number of carbonyl (C=O) groups is 1. The molecule has 1 unspecified atom stereocenters. The van der Waals surface area contributed by atoms with Crippen molar-refractivity contribution in [3.8, 4) is 5.75 Å². The largest absolute Gasteiger partial charge is 0.480 e. The SMILES string of the molecule is CCCNC(=O)C(C)Oc1c(C)cccc1CNC. The number of hydrogen-bond acceptors (Lipinski definition) is 3. The van der Waals surface area contributed by atoms with Crippen LogP contribution in [0.1, 0.15) is 31.4 Å². The lowest BCUT2D eigenvalue weighted by atomic mass is 10.1. The first-order valence-corrected chi connectivity index (χ1v) is 6.77. The Hall–Kier alpha value is -1.55. The van der Waals surface area contributed by atoms with Crippen LogP contribution in [0, 0.1) is 6.92 Å². The zero-order valence-corrected chi connectivity index (χ0v) is 12.2. The highest BCUT2D eigenvalue weighted by molar-refractivity contribution is 5.80. The van der Waals surface area contributed by atoms with E-state index in [0.29, 0.717) is 6.54 Å². The molecule has 1 amide bonds. The fourth-order valence-corrected chi connectivity index (χ4v) is 1.83. The van der Waals surface area contributed by atoms with Gasteiger partial charge in [-0.2, -0.15) is 0 Å². The van der Waals surface area contributed by atoms with Crippen LogP contribution < -0.4 is 15.4 Å². The molecule has 0 bridgehead atoms. The molecule has 1 atom stereocenters. The van der Waals surface area contributed by atoms with Gasteiger partial charge in [0.2, 0.25) is 0 Å². The van der Waals surface area contributed by atoms with Crippen LogP contribution in [0.4, 0.5) is 0 Å². The molecule has 1 aromatic rings. The maximum atomic E-state index is 11.8. The summed E-state index contributed by atoms with van der Waals surface area (Å²) in [4.78, 5) is 11.8. The number of ether oxygens (including phenoxy) is 1. The van der Waals surface area contributed by atoms with Crippen LogP contribution in [0.25, 0.3) is 0 Å². The molecule has 4 heteroatoms. The summed E-state index contributed by atoms with van der Waals surface area (Å²) in [6.45, 7) is 7.20. The van der Waals surface area contributed by atoms with Gasteiger partial charge in [0, 0.05) is 18.7 Å². The smallest absolute Gasteiger partial charge is 0.260 e. The van der Waals surface area contributed by atoms with Gasteiger partial charge in [-0.1, -0.05) is 25.1 Å². The molecule has 1 rings (SSSR count). The van der Waals surface area contributed by atoms with Gasteiger partial charge in [0.05, 0.1) is 0 Å². The van der Waals surface area contributed by atoms with E-state index in [9.17, 15) is 4.79 Å². The average molecular weight is 264 g/mol. The molecule has 0 aliphatic carbocycles. The second-order valence-electron chi connectivity index (χ2n) is 4.64. The lowest BCUT2D eigenvalue weighted by molar-refractivity contribution is -0.127. The number of aryl methyl sites for hydroxylation is 1. The molecule has 0 saturated carbocycles. The van der Waals surface area contributed by atoms with Gasteiger partial charge in [-0.25, -0.2) is 0 Å². The van der Waals surface area contributed by atoms with Gasteiger partial charge in [0.25, 0.3) is 5.91 Å². The maximum Gasteiger partial charge on any atom is 0.260 e. The third kappa shape index (κ3) is 4.56. The fraction of sp³-hybridized carbons (Fsp3) is 0.533. The normalized spacial score (nSPS) is 12.0. The standard InChI is InChI=1S/C15H24N2O2/c1-5-9-17-15(18)12(3)19-14-11(2)7-6-8-13(14)10-16-4/h6-8,12,16H,5,9-10H2,1-4H3,(H,17,18). The minimum Gasteiger partial charge on any atom is -0.480 e. The Bertz CT molecular complexity index is 419. The molecule has 19 heavy (non-hydrogen) atoms. The van der Waals surface area contributed by atoms with E-state index in [1.54, 1.807) is 6.92 Å². The van der Waals surface area contributed by atoms with Crippen molar-refractivity contribution in [1.82, 2.24) is 10.6 Å². The number of hydrogen-bond donors (Lipinski definition) is 2. The van der Waals surface area contributed by atoms with Gasteiger partial charge < -0.3 is 15.4 Å². The minimum absolute atomic E-state index is 0.0690. The summed E-state index contributed by atoms with van der Waals surface area (Å²) in [7, 11) is 1.89. The highest BCUT2D eigenvalue weighted by Crippen LogP contribution is 2.24. The molecule has 4 nitrogen and oxygen atoms in total. The summed E-state index contributed by atoms with van der Waals surface area (Å²) < 4.78 is 5.84. The molecule has 0 saturated heterocycles. The molecule has 0 aromatic heterocycles. The Labute approximate surface area is 115 Å². The molecule has 0 spiro atoms. The Kier molecular flexibility index (Phi) is 6.36. The molecule has 0 aliphatic heterocycles. The predicted molar refractivity (Wildman–Crippen MR) is 77.3 cm³/mol. The Morgan fingerprint density at radius 3 is 2.79 bits per heavy atom. The fourth-order valence-electron chi connectivity index (χ4n) is 1.83. The van der Waals surface area contributed by atoms with E-state index >= 15 is 0 Å². The van der Waals surface area contributed by atoms with Gasteiger partial charge in [0.1, 0.15) is 5.75 Å². The number of rotatable bonds is 7. The molecule has 2 N–H and O–H groups in total. The average Bonchev–Trinajstić information content (AvgIpc) is 2.40. The topological polar surface area (TPSA) is 50.4 Å². The van der Waals surface area contributed by atoms with Crippen molar-refractivity contribution in [3.05, 3.63) is 29.3 Å². The highest BCUT2D eigenvalue weighted by Gasteiger charge is 2.16. The van der Waals surface area contributed by atoms with Crippen LogP contribution in [-0.2, 0) is 11.3 Å². The summed E-state index contributed by atoms with van der Waals surface area (Å²) in [6, 6.07) is 6.00. The second kappa shape index (κ2) is 7.79. The van der Waals surface area contributed by atoms with Crippen molar-refractivity contribution in [2.24, 2.45) is 0 Å². The van der Waals surface area contributed by atoms with Crippen molar-refractivity contribution in [2.75, 3.05) is 13.6 Å². The molecular weight excluding hydrogens is 240 g/mol. The second-order valence-corrected chi connectivity index (χ2v) is 4.64. The van der Waals surface area contributed by atoms with E-state index in [1.165, 1.54) is 0 Å². The van der Waals surface area contributed by atoms with E-state index in [2.05, 4.69) is 10.6 Å². The minimum atomic E-state index is -0.483. The van der Waals surface area contributed by atoms with E-state index in [1.807, 2.05) is 39.1 Å². The van der Waals surface area contributed by atoms with Crippen LogP contribution >= 0.6 is 0 Å². The number of benzene rings is 1. The van der Waals surface area contributed by atoms with E-state index in [-0.39, 0.29) is 5.91 Å². The van der Waals surface area contributed by atoms with Gasteiger partial charge in [0.15, 0.2) is 6.10 Å². The predicted octanol–water partition coefficient (Wildman–Crippen LogP) is 2.01. The van der Waals surface area contributed by atoms with Gasteiger partial charge >= 0.3 is 0 Å². The highest BCUT2D eigenvalue weighted by atomic mass is 16.5. The first-order chi connectivity index (χ1) is 9.10. The Morgan fingerprint density at radius 2 is 2.16 bits per heavy atom. The molecule has 0 fully saturated rings. The van der Waals surface area contributed by atoms with Crippen LogP contribution in [-0.4, -0.2) is 25.6 Å². The lowest BCUT2D eigenvalue weighted by Gasteiger charge is -2.19. The summed E-state index contributed by atoms with van der Waals surface area (Å²) in [5.41, 5.74) is 2.11. The molecule has 1 aromatic carbocycles. The van der Waals surface area contributed by atoms with Crippen LogP contribution in [0.3, 0.4) is 0 Å². The lowest BCUT2D eigenvalue weighted by Crippen LogP contribution is -2.37. The van der Waals surface area contributed by atoms with E-state index in [0.717, 1.165) is 29.8 Å². The number of para-hydroxylation sites is 1. The zero-order valence-electron chi connectivity index (χ0n) is 12.2. The third-order valence-corrected chi connectivity index (χ3v) is 2.87. The van der Waals surface area contributed by atoms with E-state index < -0.39 is 6.10 Å².